The number of para-hydroxylation sites is 2. The van der Waals surface area contributed by atoms with Crippen molar-refractivity contribution >= 4 is 5.69 Å². The Labute approximate surface area is 103 Å². The summed E-state index contributed by atoms with van der Waals surface area (Å²) in [7, 11) is 0. The first-order valence-corrected chi connectivity index (χ1v) is 6.53. The van der Waals surface area contributed by atoms with Crippen LogP contribution < -0.4 is 15.4 Å². The molecule has 0 aromatic heterocycles. The average molecular weight is 232 g/mol. The van der Waals surface area contributed by atoms with Crippen molar-refractivity contribution in [2.24, 2.45) is 5.73 Å². The third-order valence-corrected chi connectivity index (χ3v) is 3.89. The van der Waals surface area contributed by atoms with Gasteiger partial charge in [-0.1, -0.05) is 12.1 Å². The maximum absolute atomic E-state index is 6.36. The molecular weight excluding hydrogens is 212 g/mol. The minimum absolute atomic E-state index is 0.0391. The van der Waals surface area contributed by atoms with Crippen molar-refractivity contribution in [3.63, 3.8) is 0 Å². The number of benzene rings is 1. The van der Waals surface area contributed by atoms with Gasteiger partial charge in [-0.3, -0.25) is 0 Å². The van der Waals surface area contributed by atoms with E-state index in [4.69, 9.17) is 10.5 Å². The summed E-state index contributed by atoms with van der Waals surface area (Å²) < 4.78 is 5.76. The van der Waals surface area contributed by atoms with Gasteiger partial charge in [0.2, 0.25) is 0 Å². The molecule has 1 aromatic carbocycles. The van der Waals surface area contributed by atoms with Crippen LogP contribution in [0.1, 0.15) is 25.7 Å². The molecule has 1 saturated carbocycles. The SMILES string of the molecule is NC1(CN2CCCOc3ccccc32)CCC1. The van der Waals surface area contributed by atoms with Crippen LogP contribution in [0.3, 0.4) is 0 Å². The maximum Gasteiger partial charge on any atom is 0.142 e. The lowest BCUT2D eigenvalue weighted by Crippen LogP contribution is -2.55. The normalized spacial score (nSPS) is 22.1. The average Bonchev–Trinajstić information content (AvgIpc) is 2.50. The van der Waals surface area contributed by atoms with Gasteiger partial charge >= 0.3 is 0 Å². The fourth-order valence-electron chi connectivity index (χ4n) is 2.73. The van der Waals surface area contributed by atoms with E-state index in [1.807, 2.05) is 6.07 Å². The van der Waals surface area contributed by atoms with Gasteiger partial charge in [-0.05, 0) is 37.8 Å². The van der Waals surface area contributed by atoms with Crippen LogP contribution in [0.2, 0.25) is 0 Å². The van der Waals surface area contributed by atoms with Gasteiger partial charge < -0.3 is 15.4 Å². The summed E-state index contributed by atoms with van der Waals surface area (Å²) in [5.41, 5.74) is 7.61. The molecule has 1 aliphatic carbocycles. The molecule has 2 N–H and O–H groups in total. The van der Waals surface area contributed by atoms with Crippen LogP contribution in [0.15, 0.2) is 24.3 Å². The molecule has 1 aromatic rings. The first kappa shape index (κ1) is 10.9. The zero-order valence-electron chi connectivity index (χ0n) is 10.2. The van der Waals surface area contributed by atoms with Crippen molar-refractivity contribution in [1.29, 1.82) is 0 Å². The van der Waals surface area contributed by atoms with Crippen LogP contribution in [-0.4, -0.2) is 25.2 Å². The smallest absolute Gasteiger partial charge is 0.142 e. The standard InChI is InChI=1S/C14H20N2O/c15-14(7-3-8-14)11-16-9-4-10-17-13-6-2-1-5-12(13)16/h1-2,5-6H,3-4,7-11,15H2. The molecule has 1 aliphatic heterocycles. The van der Waals surface area contributed by atoms with E-state index in [0.717, 1.165) is 44.7 Å². The maximum atomic E-state index is 6.36. The van der Waals surface area contributed by atoms with Crippen LogP contribution >= 0.6 is 0 Å². The number of hydrogen-bond acceptors (Lipinski definition) is 3. The van der Waals surface area contributed by atoms with Gasteiger partial charge in [0.25, 0.3) is 0 Å². The largest absolute Gasteiger partial charge is 0.491 e. The predicted molar refractivity (Wildman–Crippen MR) is 69.5 cm³/mol. The van der Waals surface area contributed by atoms with E-state index in [-0.39, 0.29) is 5.54 Å². The fraction of sp³-hybridized carbons (Fsp3) is 0.571. The molecule has 0 atom stereocenters. The van der Waals surface area contributed by atoms with E-state index in [1.54, 1.807) is 0 Å². The molecule has 3 rings (SSSR count). The molecular formula is C14H20N2O. The topological polar surface area (TPSA) is 38.5 Å². The van der Waals surface area contributed by atoms with E-state index in [9.17, 15) is 0 Å². The molecule has 0 bridgehead atoms. The van der Waals surface area contributed by atoms with Gasteiger partial charge in [0.05, 0.1) is 12.3 Å². The lowest BCUT2D eigenvalue weighted by atomic mass is 9.77. The monoisotopic (exact) mass is 232 g/mol. The lowest BCUT2D eigenvalue weighted by Gasteiger charge is -2.42. The Balaban J connectivity index is 1.84. The molecule has 0 spiro atoms. The van der Waals surface area contributed by atoms with Crippen LogP contribution in [0.5, 0.6) is 5.75 Å². The highest BCUT2D eigenvalue weighted by atomic mass is 16.5. The molecule has 3 nitrogen and oxygen atoms in total. The van der Waals surface area contributed by atoms with E-state index >= 15 is 0 Å². The highest BCUT2D eigenvalue weighted by Gasteiger charge is 2.35. The zero-order valence-corrected chi connectivity index (χ0v) is 10.2. The first-order valence-electron chi connectivity index (χ1n) is 6.53. The van der Waals surface area contributed by atoms with Gasteiger partial charge in [-0.2, -0.15) is 0 Å². The molecule has 0 amide bonds. The second-order valence-corrected chi connectivity index (χ2v) is 5.31. The molecule has 2 aliphatic rings. The Morgan fingerprint density at radius 3 is 2.82 bits per heavy atom. The number of anilines is 1. The third-order valence-electron chi connectivity index (χ3n) is 3.89. The Morgan fingerprint density at radius 2 is 2.06 bits per heavy atom. The Kier molecular flexibility index (Phi) is 2.71. The van der Waals surface area contributed by atoms with Crippen molar-refractivity contribution < 1.29 is 4.74 Å². The van der Waals surface area contributed by atoms with Crippen molar-refractivity contribution in [1.82, 2.24) is 0 Å². The Bertz CT molecular complexity index is 401. The van der Waals surface area contributed by atoms with E-state index in [0.29, 0.717) is 0 Å². The fourth-order valence-corrected chi connectivity index (χ4v) is 2.73. The summed E-state index contributed by atoms with van der Waals surface area (Å²) in [4.78, 5) is 2.40. The van der Waals surface area contributed by atoms with Gasteiger partial charge in [0.15, 0.2) is 0 Å². The minimum Gasteiger partial charge on any atom is -0.491 e. The predicted octanol–water partition coefficient (Wildman–Crippen LogP) is 2.16. The van der Waals surface area contributed by atoms with Crippen LogP contribution in [0, 0.1) is 0 Å². The summed E-state index contributed by atoms with van der Waals surface area (Å²) in [6.45, 7) is 2.83. The third kappa shape index (κ3) is 2.12. The molecule has 17 heavy (non-hydrogen) atoms. The van der Waals surface area contributed by atoms with Crippen molar-refractivity contribution in [2.45, 2.75) is 31.2 Å². The van der Waals surface area contributed by atoms with Crippen molar-refractivity contribution in [2.75, 3.05) is 24.6 Å². The molecule has 0 unspecified atom stereocenters. The van der Waals surface area contributed by atoms with Crippen LogP contribution in [0.4, 0.5) is 5.69 Å². The lowest BCUT2D eigenvalue weighted by molar-refractivity contribution is 0.252. The summed E-state index contributed by atoms with van der Waals surface area (Å²) >= 11 is 0. The van der Waals surface area contributed by atoms with Crippen LogP contribution in [-0.2, 0) is 0 Å². The minimum atomic E-state index is 0.0391. The number of rotatable bonds is 2. The molecule has 1 fully saturated rings. The molecule has 92 valence electrons. The van der Waals surface area contributed by atoms with Crippen molar-refractivity contribution in [3.05, 3.63) is 24.3 Å². The van der Waals surface area contributed by atoms with Crippen molar-refractivity contribution in [3.8, 4) is 5.75 Å². The second kappa shape index (κ2) is 4.22. The first-order chi connectivity index (χ1) is 8.27. The Hall–Kier alpha value is -1.22. The summed E-state index contributed by atoms with van der Waals surface area (Å²) in [5.74, 6) is 1.01. The molecule has 3 heteroatoms. The number of nitrogens with zero attached hydrogens (tertiary/aromatic N) is 1. The number of fused-ring (bicyclic) bond motifs is 1. The highest BCUT2D eigenvalue weighted by molar-refractivity contribution is 5.59. The van der Waals surface area contributed by atoms with Gasteiger partial charge in [-0.25, -0.2) is 0 Å². The summed E-state index contributed by atoms with van der Waals surface area (Å²) in [5, 5.41) is 0. The van der Waals surface area contributed by atoms with Gasteiger partial charge in [0.1, 0.15) is 5.75 Å². The molecule has 1 heterocycles. The number of ether oxygens (including phenoxy) is 1. The number of nitrogens with two attached hydrogens (primary N) is 1. The van der Waals surface area contributed by atoms with E-state index in [2.05, 4.69) is 23.1 Å². The molecule has 0 radical (unpaired) electrons. The van der Waals surface area contributed by atoms with Crippen LogP contribution in [0.25, 0.3) is 0 Å². The quantitative estimate of drug-likeness (QED) is 0.849. The molecule has 0 saturated heterocycles. The number of hydrogen-bond donors (Lipinski definition) is 1. The zero-order chi connectivity index (χ0) is 11.7. The Morgan fingerprint density at radius 1 is 1.24 bits per heavy atom. The summed E-state index contributed by atoms with van der Waals surface area (Å²) in [6, 6.07) is 8.30. The van der Waals surface area contributed by atoms with E-state index < -0.39 is 0 Å². The second-order valence-electron chi connectivity index (χ2n) is 5.31. The van der Waals surface area contributed by atoms with Gasteiger partial charge in [-0.15, -0.1) is 0 Å². The highest BCUT2D eigenvalue weighted by Crippen LogP contribution is 2.35. The van der Waals surface area contributed by atoms with Gasteiger partial charge in [0, 0.05) is 18.6 Å². The van der Waals surface area contributed by atoms with E-state index in [1.165, 1.54) is 12.1 Å². The summed E-state index contributed by atoms with van der Waals surface area (Å²) in [6.07, 6.45) is 4.67.